The van der Waals surface area contributed by atoms with Gasteiger partial charge >= 0.3 is 0 Å². The Labute approximate surface area is 186 Å². The van der Waals surface area contributed by atoms with Crippen LogP contribution in [0.2, 0.25) is 0 Å². The Balaban J connectivity index is 1.21. The van der Waals surface area contributed by atoms with Gasteiger partial charge in [-0.2, -0.15) is 5.10 Å². The number of carbonyl (C=O) groups excluding carboxylic acids is 2. The molecule has 2 fully saturated rings. The summed E-state index contributed by atoms with van der Waals surface area (Å²) in [6, 6.07) is 1.81. The fourth-order valence-electron chi connectivity index (χ4n) is 4.84. The van der Waals surface area contributed by atoms with Gasteiger partial charge in [-0.1, -0.05) is 5.21 Å². The number of ether oxygens (including phenoxy) is 2. The van der Waals surface area contributed by atoms with Crippen LogP contribution in [-0.2, 0) is 41.0 Å². The van der Waals surface area contributed by atoms with Crippen LogP contribution in [0.25, 0.3) is 0 Å². The maximum atomic E-state index is 13.0. The SMILES string of the molecule is Cc1cc(C(=O)N2CCC3(C2)Cn2nnc(CNC(=O)C4CCOCC4)c2CO3)n(C)n1. The van der Waals surface area contributed by atoms with Crippen LogP contribution in [0.5, 0.6) is 0 Å². The summed E-state index contributed by atoms with van der Waals surface area (Å²) in [4.78, 5) is 27.2. The quantitative estimate of drug-likeness (QED) is 0.716. The van der Waals surface area contributed by atoms with Crippen LogP contribution in [0.1, 0.15) is 46.8 Å². The zero-order chi connectivity index (χ0) is 22.3. The van der Waals surface area contributed by atoms with E-state index >= 15 is 0 Å². The lowest BCUT2D eigenvalue weighted by Gasteiger charge is -2.34. The molecule has 0 saturated carbocycles. The van der Waals surface area contributed by atoms with Crippen molar-refractivity contribution < 1.29 is 19.1 Å². The van der Waals surface area contributed by atoms with Gasteiger partial charge in [0.25, 0.3) is 5.91 Å². The first kappa shape index (κ1) is 21.1. The predicted octanol–water partition coefficient (Wildman–Crippen LogP) is 0.178. The fourth-order valence-corrected chi connectivity index (χ4v) is 4.84. The lowest BCUT2D eigenvalue weighted by molar-refractivity contribution is -0.128. The van der Waals surface area contributed by atoms with E-state index in [1.165, 1.54) is 0 Å². The van der Waals surface area contributed by atoms with E-state index in [1.807, 2.05) is 22.6 Å². The van der Waals surface area contributed by atoms with Gasteiger partial charge in [0.1, 0.15) is 17.0 Å². The molecule has 0 aromatic carbocycles. The normalized spacial score (nSPS) is 23.5. The maximum Gasteiger partial charge on any atom is 0.272 e. The standard InChI is InChI=1S/C21H29N7O4/c1-14-9-17(26(2)24-14)20(30)27-6-5-21(12-27)13-28-18(11-32-21)16(23-25-28)10-22-19(29)15-3-7-31-8-4-15/h9,15H,3-8,10-13H2,1-2H3,(H,22,29). The Bertz CT molecular complexity index is 1030. The van der Waals surface area contributed by atoms with E-state index < -0.39 is 5.60 Å². The topological polar surface area (TPSA) is 116 Å². The number of likely N-dealkylation sites (tertiary alicyclic amines) is 1. The molecular formula is C21H29N7O4. The molecule has 1 unspecified atom stereocenters. The molecule has 5 heterocycles. The number of nitrogens with one attached hydrogen (secondary N) is 1. The van der Waals surface area contributed by atoms with Crippen molar-refractivity contribution in [3.8, 4) is 0 Å². The van der Waals surface area contributed by atoms with E-state index in [0.717, 1.165) is 36.3 Å². The summed E-state index contributed by atoms with van der Waals surface area (Å²) >= 11 is 0. The number of aryl methyl sites for hydroxylation is 2. The largest absolute Gasteiger partial charge is 0.381 e. The van der Waals surface area contributed by atoms with Gasteiger partial charge in [-0.3, -0.25) is 14.3 Å². The molecule has 2 amide bonds. The lowest BCUT2D eigenvalue weighted by Crippen LogP contribution is -2.45. The molecule has 5 rings (SSSR count). The Hall–Kier alpha value is -2.79. The van der Waals surface area contributed by atoms with Crippen LogP contribution in [0.4, 0.5) is 0 Å². The van der Waals surface area contributed by atoms with Crippen LogP contribution in [0, 0.1) is 12.8 Å². The van der Waals surface area contributed by atoms with Crippen molar-refractivity contribution in [2.75, 3.05) is 26.3 Å². The number of carbonyl (C=O) groups is 2. The lowest BCUT2D eigenvalue weighted by atomic mass is 9.99. The molecule has 2 aromatic heterocycles. The molecule has 2 aromatic rings. The summed E-state index contributed by atoms with van der Waals surface area (Å²) in [7, 11) is 1.78. The summed E-state index contributed by atoms with van der Waals surface area (Å²) < 4.78 is 15.1. The average molecular weight is 444 g/mol. The van der Waals surface area contributed by atoms with E-state index in [2.05, 4.69) is 20.7 Å². The second-order valence-corrected chi connectivity index (χ2v) is 8.99. The number of amides is 2. The molecule has 3 aliphatic rings. The van der Waals surface area contributed by atoms with Crippen molar-refractivity contribution >= 4 is 11.8 Å². The molecule has 2 saturated heterocycles. The third kappa shape index (κ3) is 3.90. The Kier molecular flexibility index (Phi) is 5.46. The number of nitrogens with zero attached hydrogens (tertiary/aromatic N) is 6. The molecule has 11 nitrogen and oxygen atoms in total. The molecule has 11 heteroatoms. The van der Waals surface area contributed by atoms with Crippen LogP contribution >= 0.6 is 0 Å². The van der Waals surface area contributed by atoms with Gasteiger partial charge in [-0.25, -0.2) is 4.68 Å². The fraction of sp³-hybridized carbons (Fsp3) is 0.667. The molecule has 3 aliphatic heterocycles. The van der Waals surface area contributed by atoms with E-state index in [9.17, 15) is 9.59 Å². The molecule has 172 valence electrons. The summed E-state index contributed by atoms with van der Waals surface area (Å²) in [5.74, 6) is 0.00738. The first-order chi connectivity index (χ1) is 15.4. The minimum absolute atomic E-state index is 0.0000987. The zero-order valence-corrected chi connectivity index (χ0v) is 18.5. The highest BCUT2D eigenvalue weighted by Crippen LogP contribution is 2.33. The summed E-state index contributed by atoms with van der Waals surface area (Å²) in [6.45, 7) is 5.52. The first-order valence-corrected chi connectivity index (χ1v) is 11.1. The second kappa shape index (κ2) is 8.28. The Morgan fingerprint density at radius 1 is 1.28 bits per heavy atom. The monoisotopic (exact) mass is 443 g/mol. The molecule has 1 atom stereocenters. The number of hydrogen-bond donors (Lipinski definition) is 1. The van der Waals surface area contributed by atoms with Gasteiger partial charge in [0.15, 0.2) is 0 Å². The van der Waals surface area contributed by atoms with Crippen molar-refractivity contribution in [3.05, 3.63) is 28.8 Å². The van der Waals surface area contributed by atoms with Crippen molar-refractivity contribution in [1.82, 2.24) is 35.0 Å². The average Bonchev–Trinajstić information content (AvgIpc) is 3.49. The summed E-state index contributed by atoms with van der Waals surface area (Å²) in [5.41, 5.74) is 2.56. The van der Waals surface area contributed by atoms with Gasteiger partial charge in [-0.05, 0) is 32.3 Å². The first-order valence-electron chi connectivity index (χ1n) is 11.1. The van der Waals surface area contributed by atoms with E-state index in [4.69, 9.17) is 9.47 Å². The van der Waals surface area contributed by atoms with Crippen molar-refractivity contribution in [3.63, 3.8) is 0 Å². The van der Waals surface area contributed by atoms with Crippen LogP contribution < -0.4 is 5.32 Å². The number of aromatic nitrogens is 5. The van der Waals surface area contributed by atoms with Crippen molar-refractivity contribution in [2.45, 2.75) is 51.5 Å². The highest BCUT2D eigenvalue weighted by Gasteiger charge is 2.45. The minimum Gasteiger partial charge on any atom is -0.381 e. The maximum absolute atomic E-state index is 13.0. The molecule has 0 aliphatic carbocycles. The number of rotatable bonds is 4. The zero-order valence-electron chi connectivity index (χ0n) is 18.5. The van der Waals surface area contributed by atoms with Crippen LogP contribution in [0.3, 0.4) is 0 Å². The predicted molar refractivity (Wildman–Crippen MR) is 111 cm³/mol. The van der Waals surface area contributed by atoms with Gasteiger partial charge in [0.05, 0.1) is 37.6 Å². The van der Waals surface area contributed by atoms with Gasteiger partial charge < -0.3 is 19.7 Å². The highest BCUT2D eigenvalue weighted by atomic mass is 16.5. The van der Waals surface area contributed by atoms with Gasteiger partial charge in [-0.15, -0.1) is 5.10 Å². The molecular weight excluding hydrogens is 414 g/mol. The number of hydrogen-bond acceptors (Lipinski definition) is 7. The highest BCUT2D eigenvalue weighted by molar-refractivity contribution is 5.93. The van der Waals surface area contributed by atoms with E-state index in [0.29, 0.717) is 51.7 Å². The van der Waals surface area contributed by atoms with Crippen molar-refractivity contribution in [2.24, 2.45) is 13.0 Å². The number of fused-ring (bicyclic) bond motifs is 1. The van der Waals surface area contributed by atoms with Crippen LogP contribution in [0.15, 0.2) is 6.07 Å². The smallest absolute Gasteiger partial charge is 0.272 e. The minimum atomic E-state index is -0.466. The molecule has 32 heavy (non-hydrogen) atoms. The summed E-state index contributed by atoms with van der Waals surface area (Å²) in [6.07, 6.45) is 2.25. The molecule has 0 bridgehead atoms. The van der Waals surface area contributed by atoms with E-state index in [-0.39, 0.29) is 17.7 Å². The van der Waals surface area contributed by atoms with Gasteiger partial charge in [0.2, 0.25) is 5.91 Å². The molecule has 1 N–H and O–H groups in total. The third-order valence-corrected chi connectivity index (χ3v) is 6.72. The second-order valence-electron chi connectivity index (χ2n) is 8.99. The molecule has 0 radical (unpaired) electrons. The van der Waals surface area contributed by atoms with Crippen molar-refractivity contribution in [1.29, 1.82) is 0 Å². The van der Waals surface area contributed by atoms with Gasteiger partial charge in [0, 0.05) is 32.7 Å². The van der Waals surface area contributed by atoms with E-state index in [1.54, 1.807) is 11.7 Å². The van der Waals surface area contributed by atoms with Crippen LogP contribution in [-0.4, -0.2) is 73.4 Å². The molecule has 1 spiro atoms. The Morgan fingerprint density at radius 3 is 2.84 bits per heavy atom. The Morgan fingerprint density at radius 2 is 2.09 bits per heavy atom. The third-order valence-electron chi connectivity index (χ3n) is 6.72. The summed E-state index contributed by atoms with van der Waals surface area (Å²) in [5, 5.41) is 15.9.